The summed E-state index contributed by atoms with van der Waals surface area (Å²) in [7, 11) is 0. The quantitative estimate of drug-likeness (QED) is 0.473. The lowest BCUT2D eigenvalue weighted by Crippen LogP contribution is -2.09. The molecule has 0 saturated heterocycles. The summed E-state index contributed by atoms with van der Waals surface area (Å²) < 4.78 is 13.5. The Morgan fingerprint density at radius 1 is 0.933 bits per heavy atom. The molecular formula is C23H18FN5O. The third-order valence-electron chi connectivity index (χ3n) is 5.12. The Hall–Kier alpha value is -3.87. The molecule has 3 heterocycles. The molecule has 6 nitrogen and oxygen atoms in total. The van der Waals surface area contributed by atoms with Crippen LogP contribution in [0.5, 0.6) is 0 Å². The number of imidazole rings is 1. The second kappa shape index (κ2) is 7.51. The van der Waals surface area contributed by atoms with E-state index in [1.54, 1.807) is 24.5 Å². The van der Waals surface area contributed by atoms with Crippen LogP contribution in [0.3, 0.4) is 0 Å². The first kappa shape index (κ1) is 18.2. The number of halogens is 1. The van der Waals surface area contributed by atoms with E-state index in [-0.39, 0.29) is 18.0 Å². The molecule has 2 aromatic heterocycles. The molecule has 30 heavy (non-hydrogen) atoms. The van der Waals surface area contributed by atoms with Gasteiger partial charge in [-0.25, -0.2) is 9.37 Å². The third-order valence-corrected chi connectivity index (χ3v) is 5.12. The summed E-state index contributed by atoms with van der Waals surface area (Å²) >= 11 is 0. The van der Waals surface area contributed by atoms with Gasteiger partial charge in [0.15, 0.2) is 6.10 Å². The van der Waals surface area contributed by atoms with Crippen molar-refractivity contribution in [3.8, 4) is 33.9 Å². The van der Waals surface area contributed by atoms with Crippen molar-refractivity contribution in [2.75, 3.05) is 0 Å². The Bertz CT molecular complexity index is 1200. The van der Waals surface area contributed by atoms with Gasteiger partial charge >= 0.3 is 0 Å². The number of aromatic amines is 1. The summed E-state index contributed by atoms with van der Waals surface area (Å²) in [6.45, 7) is 1.94. The minimum Gasteiger partial charge on any atom is -0.374 e. The number of hydrogen-bond donors (Lipinski definition) is 1. The predicted octanol–water partition coefficient (Wildman–Crippen LogP) is 5.77. The Labute approximate surface area is 172 Å². The normalized spacial score (nSPS) is 17.8. The molecule has 0 radical (unpaired) electrons. The second-order valence-corrected chi connectivity index (χ2v) is 7.13. The number of benzene rings is 2. The minimum atomic E-state index is -0.283. The van der Waals surface area contributed by atoms with Crippen LogP contribution >= 0.6 is 0 Å². The highest BCUT2D eigenvalue weighted by atomic mass is 19.1. The Morgan fingerprint density at radius 3 is 2.47 bits per heavy atom. The van der Waals surface area contributed by atoms with E-state index >= 15 is 0 Å². The number of nitrogens with zero attached hydrogens (tertiary/aromatic N) is 4. The highest BCUT2D eigenvalue weighted by Crippen LogP contribution is 2.35. The first-order valence-electron chi connectivity index (χ1n) is 9.62. The van der Waals surface area contributed by atoms with Gasteiger partial charge in [0.25, 0.3) is 0 Å². The van der Waals surface area contributed by atoms with Gasteiger partial charge in [-0.3, -0.25) is 4.98 Å². The summed E-state index contributed by atoms with van der Waals surface area (Å²) in [5.41, 5.74) is 5.30. The molecular weight excluding hydrogens is 381 g/mol. The fourth-order valence-electron chi connectivity index (χ4n) is 3.57. The van der Waals surface area contributed by atoms with Gasteiger partial charge in [-0.1, -0.05) is 18.2 Å². The molecule has 148 valence electrons. The average Bonchev–Trinajstić information content (AvgIpc) is 3.42. The number of nitrogens with one attached hydrogen (secondary N) is 1. The van der Waals surface area contributed by atoms with Gasteiger partial charge < -0.3 is 9.82 Å². The van der Waals surface area contributed by atoms with Crippen LogP contribution in [-0.4, -0.2) is 21.1 Å². The van der Waals surface area contributed by atoms with E-state index in [9.17, 15) is 4.39 Å². The Kier molecular flexibility index (Phi) is 4.55. The van der Waals surface area contributed by atoms with Gasteiger partial charge in [0.05, 0.1) is 11.4 Å². The largest absolute Gasteiger partial charge is 0.374 e. The lowest BCUT2D eigenvalue weighted by Gasteiger charge is -2.10. The van der Waals surface area contributed by atoms with Crippen molar-refractivity contribution >= 4 is 0 Å². The van der Waals surface area contributed by atoms with Crippen LogP contribution in [0.25, 0.3) is 33.9 Å². The molecule has 0 spiro atoms. The predicted molar refractivity (Wildman–Crippen MR) is 111 cm³/mol. The highest BCUT2D eigenvalue weighted by Gasteiger charge is 2.26. The molecule has 1 aliphatic heterocycles. The Morgan fingerprint density at radius 2 is 1.73 bits per heavy atom. The maximum absolute atomic E-state index is 13.5. The van der Waals surface area contributed by atoms with Crippen LogP contribution in [-0.2, 0) is 4.84 Å². The summed E-state index contributed by atoms with van der Waals surface area (Å²) in [6, 6.07) is 18.0. The third kappa shape index (κ3) is 3.34. The number of pyridine rings is 1. The first-order chi connectivity index (χ1) is 14.7. The molecule has 2 aromatic carbocycles. The van der Waals surface area contributed by atoms with E-state index in [1.165, 1.54) is 12.1 Å². The van der Waals surface area contributed by atoms with E-state index in [0.717, 1.165) is 33.6 Å². The van der Waals surface area contributed by atoms with Gasteiger partial charge in [-0.15, -0.1) is 5.11 Å². The maximum atomic E-state index is 13.5. The minimum absolute atomic E-state index is 0.112. The van der Waals surface area contributed by atoms with Crippen LogP contribution in [0.1, 0.15) is 18.5 Å². The van der Waals surface area contributed by atoms with Crippen molar-refractivity contribution < 1.29 is 9.23 Å². The summed E-state index contributed by atoms with van der Waals surface area (Å²) in [5, 5.41) is 7.87. The van der Waals surface area contributed by atoms with Gasteiger partial charge in [-0.2, -0.15) is 0 Å². The number of rotatable bonds is 4. The molecule has 5 rings (SSSR count). The van der Waals surface area contributed by atoms with Gasteiger partial charge in [0, 0.05) is 34.4 Å². The van der Waals surface area contributed by atoms with Crippen molar-refractivity contribution in [3.63, 3.8) is 0 Å². The number of hydrogen-bond acceptors (Lipinski definition) is 5. The molecule has 2 atom stereocenters. The lowest BCUT2D eigenvalue weighted by atomic mass is 10.0. The van der Waals surface area contributed by atoms with Crippen LogP contribution in [0.4, 0.5) is 4.39 Å². The van der Waals surface area contributed by atoms with Crippen molar-refractivity contribution in [2.45, 2.75) is 19.1 Å². The molecule has 1 aliphatic rings. The van der Waals surface area contributed by atoms with E-state index in [2.05, 4.69) is 20.4 Å². The molecule has 0 saturated carbocycles. The summed E-state index contributed by atoms with van der Waals surface area (Å²) in [4.78, 5) is 17.6. The molecule has 0 aliphatic carbocycles. The van der Waals surface area contributed by atoms with Crippen molar-refractivity contribution in [1.82, 2.24) is 15.0 Å². The van der Waals surface area contributed by atoms with Gasteiger partial charge in [-0.05, 0) is 55.0 Å². The van der Waals surface area contributed by atoms with Crippen LogP contribution in [0.2, 0.25) is 0 Å². The zero-order valence-corrected chi connectivity index (χ0v) is 16.2. The van der Waals surface area contributed by atoms with E-state index < -0.39 is 0 Å². The summed E-state index contributed by atoms with van der Waals surface area (Å²) in [6.07, 6.45) is 3.36. The van der Waals surface area contributed by atoms with Crippen LogP contribution in [0, 0.1) is 5.82 Å². The van der Waals surface area contributed by atoms with Gasteiger partial charge in [0.2, 0.25) is 0 Å². The lowest BCUT2D eigenvalue weighted by molar-refractivity contribution is 0.0901. The first-order valence-corrected chi connectivity index (χ1v) is 9.62. The molecule has 0 amide bonds. The Balaban J connectivity index is 1.62. The van der Waals surface area contributed by atoms with E-state index in [4.69, 9.17) is 9.82 Å². The standard InChI is InChI=1S/C23H18FN5O/c1-14-20(28-29-30-14)17-3-2-4-18(13-17)23-26-21(15-5-7-19(24)8-6-15)22(27-23)16-9-11-25-12-10-16/h2-14,20H,1H3,(H,26,27). The molecule has 0 bridgehead atoms. The van der Waals surface area contributed by atoms with Crippen molar-refractivity contribution in [2.24, 2.45) is 10.4 Å². The fourth-order valence-corrected chi connectivity index (χ4v) is 3.57. The van der Waals surface area contributed by atoms with Crippen LogP contribution < -0.4 is 0 Å². The van der Waals surface area contributed by atoms with Gasteiger partial charge in [0.1, 0.15) is 17.7 Å². The molecule has 1 N–H and O–H groups in total. The number of H-pyrrole nitrogens is 1. The average molecular weight is 399 g/mol. The SMILES string of the molecule is CC1ON=NC1c1cccc(-c2nc(-c3ccc(F)cc3)c(-c3ccncc3)[nH]2)c1. The van der Waals surface area contributed by atoms with Crippen LogP contribution in [0.15, 0.2) is 83.4 Å². The maximum Gasteiger partial charge on any atom is 0.154 e. The highest BCUT2D eigenvalue weighted by molar-refractivity contribution is 5.81. The topological polar surface area (TPSA) is 75.5 Å². The second-order valence-electron chi connectivity index (χ2n) is 7.13. The molecule has 7 heteroatoms. The summed E-state index contributed by atoms with van der Waals surface area (Å²) in [5.74, 6) is 0.432. The van der Waals surface area contributed by atoms with Crippen molar-refractivity contribution in [1.29, 1.82) is 0 Å². The molecule has 2 unspecified atom stereocenters. The van der Waals surface area contributed by atoms with E-state index in [0.29, 0.717) is 5.82 Å². The van der Waals surface area contributed by atoms with E-state index in [1.807, 2.05) is 43.3 Å². The zero-order valence-electron chi connectivity index (χ0n) is 16.2. The zero-order chi connectivity index (χ0) is 20.5. The molecule has 4 aromatic rings. The smallest absolute Gasteiger partial charge is 0.154 e. The van der Waals surface area contributed by atoms with Crippen molar-refractivity contribution in [3.05, 3.63) is 84.4 Å². The fraction of sp³-hybridized carbons (Fsp3) is 0.130. The molecule has 0 fully saturated rings. The number of aromatic nitrogens is 3. The monoisotopic (exact) mass is 399 g/mol.